The summed E-state index contributed by atoms with van der Waals surface area (Å²) in [5.41, 5.74) is 11.1. The van der Waals surface area contributed by atoms with Crippen molar-refractivity contribution in [2.75, 3.05) is 0 Å². The van der Waals surface area contributed by atoms with Crippen LogP contribution in [0, 0.1) is 11.6 Å². The van der Waals surface area contributed by atoms with E-state index in [0.29, 0.717) is 0 Å². The van der Waals surface area contributed by atoms with Gasteiger partial charge in [-0.3, -0.25) is 0 Å². The minimum atomic E-state index is -0.831. The van der Waals surface area contributed by atoms with Crippen LogP contribution >= 0.6 is 0 Å². The fraction of sp³-hybridized carbons (Fsp3) is 0.0667. The van der Waals surface area contributed by atoms with Crippen LogP contribution in [-0.4, -0.2) is 12.2 Å². The molecule has 0 atom stereocenters. The first-order valence-electron chi connectivity index (χ1n) is 6.34. The Morgan fingerprint density at radius 2 is 1.73 bits per heavy atom. The number of guanidine groups is 1. The van der Waals surface area contributed by atoms with Crippen molar-refractivity contribution in [1.82, 2.24) is 0 Å². The van der Waals surface area contributed by atoms with E-state index >= 15 is 0 Å². The van der Waals surface area contributed by atoms with Gasteiger partial charge < -0.3 is 16.2 Å². The summed E-state index contributed by atoms with van der Waals surface area (Å²) >= 11 is 0. The average Bonchev–Trinajstić information content (AvgIpc) is 2.47. The van der Waals surface area contributed by atoms with Crippen molar-refractivity contribution in [3.63, 3.8) is 0 Å². The van der Waals surface area contributed by atoms with Gasteiger partial charge in [-0.05, 0) is 17.7 Å². The van der Waals surface area contributed by atoms with E-state index in [0.717, 1.165) is 23.9 Å². The Hall–Kier alpha value is -2.96. The van der Waals surface area contributed by atoms with Gasteiger partial charge in [-0.1, -0.05) is 30.3 Å². The van der Waals surface area contributed by atoms with Crippen LogP contribution in [-0.2, 0) is 6.61 Å². The third-order valence-corrected chi connectivity index (χ3v) is 2.63. The molecule has 0 radical (unpaired) electrons. The van der Waals surface area contributed by atoms with Crippen molar-refractivity contribution in [3.05, 3.63) is 65.2 Å². The number of halogens is 2. The van der Waals surface area contributed by atoms with Gasteiger partial charge >= 0.3 is 0 Å². The third kappa shape index (κ3) is 4.27. The summed E-state index contributed by atoms with van der Waals surface area (Å²) in [6, 6.07) is 11.2. The highest BCUT2D eigenvalue weighted by Crippen LogP contribution is 2.23. The minimum absolute atomic E-state index is 0.0656. The van der Waals surface area contributed by atoms with Gasteiger partial charge in [-0.25, -0.2) is 8.78 Å². The summed E-state index contributed by atoms with van der Waals surface area (Å²) in [5, 5.41) is 6.83. The highest BCUT2D eigenvalue weighted by Gasteiger charge is 2.12. The van der Waals surface area contributed by atoms with Crippen LogP contribution in [0.3, 0.4) is 0 Å². The van der Waals surface area contributed by atoms with Gasteiger partial charge in [-0.15, -0.1) is 5.10 Å². The van der Waals surface area contributed by atoms with Gasteiger partial charge in [0.25, 0.3) is 0 Å². The van der Waals surface area contributed by atoms with Gasteiger partial charge in [0, 0.05) is 5.56 Å². The normalized spacial score (nSPS) is 10.6. The molecule has 4 N–H and O–H groups in total. The van der Waals surface area contributed by atoms with E-state index in [2.05, 4.69) is 10.2 Å². The van der Waals surface area contributed by atoms with E-state index in [1.54, 1.807) is 12.1 Å². The van der Waals surface area contributed by atoms with Crippen molar-refractivity contribution in [3.8, 4) is 5.75 Å². The molecule has 0 saturated heterocycles. The second-order valence-electron chi connectivity index (χ2n) is 4.36. The van der Waals surface area contributed by atoms with Crippen molar-refractivity contribution in [2.24, 2.45) is 21.7 Å². The predicted octanol–water partition coefficient (Wildman–Crippen LogP) is 2.15. The molecule has 22 heavy (non-hydrogen) atoms. The molecule has 2 aromatic rings. The number of rotatable bonds is 5. The van der Waals surface area contributed by atoms with Crippen LogP contribution in [0.4, 0.5) is 8.78 Å². The minimum Gasteiger partial charge on any atom is -0.483 e. The molecule has 0 unspecified atom stereocenters. The molecule has 0 heterocycles. The highest BCUT2D eigenvalue weighted by atomic mass is 19.1. The number of benzene rings is 2. The third-order valence-electron chi connectivity index (χ3n) is 2.63. The summed E-state index contributed by atoms with van der Waals surface area (Å²) < 4.78 is 33.0. The van der Waals surface area contributed by atoms with Crippen LogP contribution in [0.25, 0.3) is 0 Å². The summed E-state index contributed by atoms with van der Waals surface area (Å²) in [6.07, 6.45) is 1.13. The van der Waals surface area contributed by atoms with Crippen molar-refractivity contribution < 1.29 is 13.5 Å². The Kier molecular flexibility index (Phi) is 5.02. The molecule has 7 heteroatoms. The average molecular weight is 304 g/mol. The monoisotopic (exact) mass is 304 g/mol. The first-order chi connectivity index (χ1) is 10.6. The second-order valence-corrected chi connectivity index (χ2v) is 4.36. The van der Waals surface area contributed by atoms with Crippen molar-refractivity contribution in [2.45, 2.75) is 6.61 Å². The zero-order chi connectivity index (χ0) is 15.9. The van der Waals surface area contributed by atoms with Gasteiger partial charge in [0.1, 0.15) is 6.61 Å². The zero-order valence-corrected chi connectivity index (χ0v) is 11.5. The number of ether oxygens (including phenoxy) is 1. The van der Waals surface area contributed by atoms with Crippen molar-refractivity contribution >= 4 is 12.2 Å². The highest BCUT2D eigenvalue weighted by molar-refractivity contribution is 5.81. The molecule has 0 aliphatic carbocycles. The lowest BCUT2D eigenvalue weighted by atomic mass is 10.2. The quantitative estimate of drug-likeness (QED) is 0.504. The van der Waals surface area contributed by atoms with Crippen molar-refractivity contribution in [1.29, 1.82) is 0 Å². The molecule has 0 saturated carbocycles. The summed E-state index contributed by atoms with van der Waals surface area (Å²) in [6.45, 7) is 0.0656. The summed E-state index contributed by atoms with van der Waals surface area (Å²) in [5.74, 6) is -2.35. The first kappa shape index (κ1) is 15.4. The fourth-order valence-corrected chi connectivity index (χ4v) is 1.68. The zero-order valence-electron chi connectivity index (χ0n) is 11.5. The van der Waals surface area contributed by atoms with E-state index in [4.69, 9.17) is 16.2 Å². The smallest absolute Gasteiger partial charge is 0.211 e. The lowest BCUT2D eigenvalue weighted by Gasteiger charge is -2.09. The molecule has 0 aromatic heterocycles. The van der Waals surface area contributed by atoms with Gasteiger partial charge in [0.15, 0.2) is 17.4 Å². The van der Waals surface area contributed by atoms with E-state index in [1.165, 1.54) is 0 Å². The topological polar surface area (TPSA) is 86.0 Å². The maximum atomic E-state index is 13.9. The lowest BCUT2D eigenvalue weighted by Crippen LogP contribution is -2.21. The molecule has 0 spiro atoms. The molecule has 2 aromatic carbocycles. The van der Waals surface area contributed by atoms with Crippen LogP contribution in [0.15, 0.2) is 52.7 Å². The van der Waals surface area contributed by atoms with Gasteiger partial charge in [0.2, 0.25) is 5.96 Å². The van der Waals surface area contributed by atoms with Crippen LogP contribution in [0.1, 0.15) is 11.1 Å². The lowest BCUT2D eigenvalue weighted by molar-refractivity contribution is 0.274. The molecular weight excluding hydrogens is 290 g/mol. The molecular formula is C15H14F2N4O. The number of hydrogen-bond donors (Lipinski definition) is 2. The summed E-state index contributed by atoms with van der Waals surface area (Å²) in [7, 11) is 0. The Balaban J connectivity index is 2.13. The fourth-order valence-electron chi connectivity index (χ4n) is 1.68. The molecule has 114 valence electrons. The van der Waals surface area contributed by atoms with Crippen LogP contribution in [0.5, 0.6) is 5.75 Å². The van der Waals surface area contributed by atoms with E-state index < -0.39 is 17.4 Å². The maximum absolute atomic E-state index is 13.9. The van der Waals surface area contributed by atoms with E-state index in [9.17, 15) is 8.78 Å². The summed E-state index contributed by atoms with van der Waals surface area (Å²) in [4.78, 5) is 0. The number of hydrogen-bond acceptors (Lipinski definition) is 3. The molecule has 0 aliphatic rings. The van der Waals surface area contributed by atoms with Crippen LogP contribution in [0.2, 0.25) is 0 Å². The Morgan fingerprint density at radius 1 is 1.09 bits per heavy atom. The van der Waals surface area contributed by atoms with Crippen LogP contribution < -0.4 is 16.2 Å². The van der Waals surface area contributed by atoms with Gasteiger partial charge in [-0.2, -0.15) is 5.10 Å². The maximum Gasteiger partial charge on any atom is 0.211 e. The molecule has 0 fully saturated rings. The second kappa shape index (κ2) is 7.16. The molecule has 0 amide bonds. The Morgan fingerprint density at radius 3 is 2.32 bits per heavy atom. The number of nitrogens with zero attached hydrogens (tertiary/aromatic N) is 2. The Labute approximate surface area is 125 Å². The predicted molar refractivity (Wildman–Crippen MR) is 80.5 cm³/mol. The standard InChI is InChI=1S/C15H14F2N4O/c16-12-6-11(8-20-21-15(18)19)7-13(17)14(12)22-9-10-4-2-1-3-5-10/h1-8H,9H2,(H4,18,19,21). The number of nitrogens with two attached hydrogens (primary N) is 2. The molecule has 5 nitrogen and oxygen atoms in total. The SMILES string of the molecule is NC(N)=NN=Cc1cc(F)c(OCc2ccccc2)c(F)c1. The van der Waals surface area contributed by atoms with E-state index in [-0.39, 0.29) is 18.1 Å². The Bertz CT molecular complexity index is 675. The first-order valence-corrected chi connectivity index (χ1v) is 6.34. The molecule has 2 rings (SSSR count). The molecule has 0 bridgehead atoms. The largest absolute Gasteiger partial charge is 0.483 e. The van der Waals surface area contributed by atoms with Gasteiger partial charge in [0.05, 0.1) is 6.21 Å². The van der Waals surface area contributed by atoms with E-state index in [1.807, 2.05) is 18.2 Å². The molecule has 0 aliphatic heterocycles.